The summed E-state index contributed by atoms with van der Waals surface area (Å²) in [4.78, 5) is 49.3. The Labute approximate surface area is 165 Å². The van der Waals surface area contributed by atoms with Crippen molar-refractivity contribution in [2.75, 3.05) is 0 Å². The Hall–Kier alpha value is -2.78. The summed E-state index contributed by atoms with van der Waals surface area (Å²) < 4.78 is 22.0. The first kappa shape index (κ1) is 19.5. The van der Waals surface area contributed by atoms with Crippen molar-refractivity contribution in [2.45, 2.75) is 63.1 Å². The van der Waals surface area contributed by atoms with Gasteiger partial charge in [-0.25, -0.2) is 0 Å². The molecule has 1 aromatic rings. The van der Waals surface area contributed by atoms with Crippen LogP contribution in [0.25, 0.3) is 0 Å². The average Bonchev–Trinajstić information content (AvgIpc) is 2.61. The number of ketones is 1. The number of carbonyl (C=O) groups is 4. The second-order valence-corrected chi connectivity index (χ2v) is 7.56. The molecule has 0 saturated carbocycles. The number of aliphatic hydroxyl groups is 1. The fourth-order valence-corrected chi connectivity index (χ4v) is 4.67. The maximum atomic E-state index is 13.6. The van der Waals surface area contributed by atoms with Crippen molar-refractivity contribution in [3.63, 3.8) is 0 Å². The maximum Gasteiger partial charge on any atom is 0.309 e. The summed E-state index contributed by atoms with van der Waals surface area (Å²) in [5.74, 6) is -2.78. The molecule has 1 N–H and O–H groups in total. The molecule has 0 aromatic heterocycles. The number of benzene rings is 1. The summed E-state index contributed by atoms with van der Waals surface area (Å²) >= 11 is 0. The molecule has 154 valence electrons. The molecule has 5 atom stereocenters. The SMILES string of the molecule is CC(=O)Oc1cccc2c1[C@H](OC(C)=O)[C@]1(O)[C@H](C)O[C@H]3CC(=O)O[C@@]1(C3)C2=O. The second-order valence-electron chi connectivity index (χ2n) is 7.56. The number of ether oxygens (including phenoxy) is 4. The van der Waals surface area contributed by atoms with E-state index in [4.69, 9.17) is 18.9 Å². The van der Waals surface area contributed by atoms with E-state index in [2.05, 4.69) is 0 Å². The van der Waals surface area contributed by atoms with Gasteiger partial charge in [0.05, 0.1) is 18.6 Å². The quantitative estimate of drug-likeness (QED) is 0.568. The van der Waals surface area contributed by atoms with Crippen LogP contribution in [0.1, 0.15) is 55.6 Å². The summed E-state index contributed by atoms with van der Waals surface area (Å²) in [6, 6.07) is 4.37. The van der Waals surface area contributed by atoms with Crippen LogP contribution in [0.15, 0.2) is 18.2 Å². The minimum Gasteiger partial charge on any atom is -0.454 e. The third-order valence-electron chi connectivity index (χ3n) is 5.74. The van der Waals surface area contributed by atoms with Gasteiger partial charge in [-0.1, -0.05) is 12.1 Å². The molecule has 4 rings (SSSR count). The van der Waals surface area contributed by atoms with Crippen LogP contribution in [-0.2, 0) is 28.6 Å². The Morgan fingerprint density at radius 2 is 1.93 bits per heavy atom. The van der Waals surface area contributed by atoms with E-state index in [1.165, 1.54) is 32.0 Å². The van der Waals surface area contributed by atoms with Crippen LogP contribution < -0.4 is 4.74 Å². The lowest BCUT2D eigenvalue weighted by molar-refractivity contribution is -0.306. The number of esters is 3. The normalized spacial score (nSPS) is 35.1. The van der Waals surface area contributed by atoms with E-state index in [9.17, 15) is 24.3 Å². The van der Waals surface area contributed by atoms with Gasteiger partial charge in [0, 0.05) is 31.4 Å². The Morgan fingerprint density at radius 1 is 1.21 bits per heavy atom. The van der Waals surface area contributed by atoms with Crippen LogP contribution in [0, 0.1) is 0 Å². The van der Waals surface area contributed by atoms with Gasteiger partial charge in [0.2, 0.25) is 11.4 Å². The summed E-state index contributed by atoms with van der Waals surface area (Å²) in [5, 5.41) is 11.8. The molecule has 0 radical (unpaired) electrons. The molecule has 9 nitrogen and oxygen atoms in total. The van der Waals surface area contributed by atoms with Crippen molar-refractivity contribution in [1.29, 1.82) is 0 Å². The molecule has 0 amide bonds. The standard InChI is InChI=1S/C20H20O9/c1-9-20(25)18(28-11(3)22)16-13(5-4-6-14(16)27-10(2)21)17(24)19(20)8-12(26-9)7-15(23)29-19/h4-6,9,12,18,25H,7-8H2,1-3H3/t9-,12-,18-,19-,20+/m0/s1. The van der Waals surface area contributed by atoms with Crippen LogP contribution in [0.4, 0.5) is 0 Å². The van der Waals surface area contributed by atoms with Gasteiger partial charge < -0.3 is 24.1 Å². The van der Waals surface area contributed by atoms with E-state index in [-0.39, 0.29) is 29.7 Å². The van der Waals surface area contributed by atoms with Gasteiger partial charge >= 0.3 is 17.9 Å². The predicted molar refractivity (Wildman–Crippen MR) is 93.9 cm³/mol. The Balaban J connectivity index is 2.01. The second kappa shape index (κ2) is 6.36. The van der Waals surface area contributed by atoms with E-state index in [1.54, 1.807) is 0 Å². The maximum absolute atomic E-state index is 13.6. The summed E-state index contributed by atoms with van der Waals surface area (Å²) in [7, 11) is 0. The molecule has 1 aromatic carbocycles. The largest absolute Gasteiger partial charge is 0.454 e. The van der Waals surface area contributed by atoms with Gasteiger partial charge in [0.1, 0.15) is 5.75 Å². The zero-order chi connectivity index (χ0) is 21.1. The lowest BCUT2D eigenvalue weighted by Gasteiger charge is -2.59. The minimum atomic E-state index is -2.22. The van der Waals surface area contributed by atoms with Crippen molar-refractivity contribution >= 4 is 23.7 Å². The monoisotopic (exact) mass is 404 g/mol. The number of hydrogen-bond acceptors (Lipinski definition) is 9. The van der Waals surface area contributed by atoms with E-state index in [0.717, 1.165) is 6.92 Å². The zero-order valence-corrected chi connectivity index (χ0v) is 16.1. The molecule has 1 spiro atoms. The highest BCUT2D eigenvalue weighted by Crippen LogP contribution is 2.57. The van der Waals surface area contributed by atoms with Crippen molar-refractivity contribution in [1.82, 2.24) is 0 Å². The average molecular weight is 404 g/mol. The molecule has 9 heteroatoms. The van der Waals surface area contributed by atoms with Crippen molar-refractivity contribution in [3.8, 4) is 5.75 Å². The van der Waals surface area contributed by atoms with Gasteiger partial charge in [0.25, 0.3) is 0 Å². The van der Waals surface area contributed by atoms with Crippen LogP contribution in [0.5, 0.6) is 5.75 Å². The van der Waals surface area contributed by atoms with Gasteiger partial charge in [-0.05, 0) is 13.0 Å². The molecule has 2 fully saturated rings. The molecular weight excluding hydrogens is 384 g/mol. The van der Waals surface area contributed by atoms with Gasteiger partial charge in [-0.2, -0.15) is 0 Å². The van der Waals surface area contributed by atoms with E-state index in [0.29, 0.717) is 0 Å². The van der Waals surface area contributed by atoms with Crippen molar-refractivity contribution < 1.29 is 43.2 Å². The molecule has 0 unspecified atom stereocenters. The number of Topliss-reactive ketones (excluding diaryl/α,β-unsaturated/α-hetero) is 1. The van der Waals surface area contributed by atoms with E-state index < -0.39 is 53.2 Å². The van der Waals surface area contributed by atoms with E-state index >= 15 is 0 Å². The first-order valence-electron chi connectivity index (χ1n) is 9.23. The smallest absolute Gasteiger partial charge is 0.309 e. The first-order valence-corrected chi connectivity index (χ1v) is 9.23. The highest BCUT2D eigenvalue weighted by Gasteiger charge is 2.74. The van der Waals surface area contributed by atoms with Crippen LogP contribution in [0.2, 0.25) is 0 Å². The van der Waals surface area contributed by atoms with Crippen LogP contribution >= 0.6 is 0 Å². The molecule has 29 heavy (non-hydrogen) atoms. The van der Waals surface area contributed by atoms with Crippen molar-refractivity contribution in [3.05, 3.63) is 29.3 Å². The molecule has 2 aliphatic heterocycles. The number of rotatable bonds is 2. The summed E-state index contributed by atoms with van der Waals surface area (Å²) in [5.41, 5.74) is -4.12. The highest BCUT2D eigenvalue weighted by molar-refractivity contribution is 6.08. The van der Waals surface area contributed by atoms with Crippen LogP contribution in [-0.4, -0.2) is 52.2 Å². The third-order valence-corrected chi connectivity index (χ3v) is 5.74. The van der Waals surface area contributed by atoms with Crippen LogP contribution in [0.3, 0.4) is 0 Å². The topological polar surface area (TPSA) is 125 Å². The third kappa shape index (κ3) is 2.61. The zero-order valence-electron chi connectivity index (χ0n) is 16.1. The number of hydrogen-bond donors (Lipinski definition) is 1. The molecule has 3 aliphatic rings. The Morgan fingerprint density at radius 3 is 2.59 bits per heavy atom. The Bertz CT molecular complexity index is 938. The summed E-state index contributed by atoms with van der Waals surface area (Å²) in [6.07, 6.45) is -3.24. The van der Waals surface area contributed by atoms with Gasteiger partial charge in [0.15, 0.2) is 11.7 Å². The van der Waals surface area contributed by atoms with Gasteiger partial charge in [-0.3, -0.25) is 19.2 Å². The molecular formula is C20H20O9. The first-order chi connectivity index (χ1) is 13.6. The molecule has 2 heterocycles. The Kier molecular flexibility index (Phi) is 4.29. The molecule has 2 bridgehead atoms. The number of carbonyl (C=O) groups excluding carboxylic acids is 4. The molecule has 2 saturated heterocycles. The van der Waals surface area contributed by atoms with E-state index in [1.807, 2.05) is 0 Å². The fraction of sp³-hybridized carbons (Fsp3) is 0.500. The highest BCUT2D eigenvalue weighted by atomic mass is 16.6. The van der Waals surface area contributed by atoms with Gasteiger partial charge in [-0.15, -0.1) is 0 Å². The van der Waals surface area contributed by atoms with Crippen molar-refractivity contribution in [2.24, 2.45) is 0 Å². The lowest BCUT2D eigenvalue weighted by atomic mass is 9.59. The lowest BCUT2D eigenvalue weighted by Crippen LogP contribution is -2.77. The minimum absolute atomic E-state index is 0.0330. The number of fused-ring (bicyclic) bond motifs is 2. The molecule has 1 aliphatic carbocycles. The predicted octanol–water partition coefficient (Wildman–Crippen LogP) is 1.01. The summed E-state index contributed by atoms with van der Waals surface area (Å²) in [6.45, 7) is 3.84. The fourth-order valence-electron chi connectivity index (χ4n) is 4.67.